The van der Waals surface area contributed by atoms with Crippen LogP contribution < -0.4 is 10.1 Å². The lowest BCUT2D eigenvalue weighted by Crippen LogP contribution is -2.21. The monoisotopic (exact) mass is 476 g/mol. The summed E-state index contributed by atoms with van der Waals surface area (Å²) in [6.45, 7) is 1.68. The van der Waals surface area contributed by atoms with Gasteiger partial charge in [-0.25, -0.2) is 4.98 Å². The van der Waals surface area contributed by atoms with Crippen LogP contribution in [0.1, 0.15) is 5.56 Å². The molecule has 0 spiro atoms. The van der Waals surface area contributed by atoms with Crippen molar-refractivity contribution in [3.63, 3.8) is 0 Å². The van der Waals surface area contributed by atoms with Crippen LogP contribution in [0.25, 0.3) is 20.8 Å². The van der Waals surface area contributed by atoms with E-state index >= 15 is 0 Å². The van der Waals surface area contributed by atoms with Gasteiger partial charge >= 0.3 is 0 Å². The van der Waals surface area contributed by atoms with Gasteiger partial charge in [-0.1, -0.05) is 46.9 Å². The molecular formula is C22H15Cl3N2O2S. The lowest BCUT2D eigenvalue weighted by atomic mass is 10.2. The summed E-state index contributed by atoms with van der Waals surface area (Å²) in [7, 11) is 0. The van der Waals surface area contributed by atoms with E-state index in [1.54, 1.807) is 30.3 Å². The first-order valence-electron chi connectivity index (χ1n) is 8.94. The molecule has 0 aliphatic heterocycles. The third kappa shape index (κ3) is 4.55. The van der Waals surface area contributed by atoms with E-state index in [1.807, 2.05) is 31.2 Å². The van der Waals surface area contributed by atoms with Crippen molar-refractivity contribution in [2.45, 2.75) is 6.92 Å². The van der Waals surface area contributed by atoms with E-state index in [0.717, 1.165) is 15.8 Å². The Kier molecular flexibility index (Phi) is 6.16. The number of para-hydroxylation sites is 1. The van der Waals surface area contributed by atoms with Gasteiger partial charge in [-0.05, 0) is 55.0 Å². The molecule has 30 heavy (non-hydrogen) atoms. The van der Waals surface area contributed by atoms with Gasteiger partial charge in [0.05, 0.1) is 20.9 Å². The summed E-state index contributed by atoms with van der Waals surface area (Å²) in [4.78, 5) is 17.2. The molecule has 0 atom stereocenters. The van der Waals surface area contributed by atoms with Gasteiger partial charge in [0.2, 0.25) is 0 Å². The Morgan fingerprint density at radius 2 is 1.87 bits per heavy atom. The molecule has 0 unspecified atom stereocenters. The average molecular weight is 478 g/mol. The predicted octanol–water partition coefficient (Wildman–Crippen LogP) is 7.25. The SMILES string of the molecule is Cc1cc(Cl)ccc1OCC(=O)Nc1c(Cl)cc(Cl)cc1-c1nc2ccccc2s1. The molecule has 1 N–H and O–H groups in total. The van der Waals surface area contributed by atoms with Crippen LogP contribution in [0.2, 0.25) is 15.1 Å². The van der Waals surface area contributed by atoms with Crippen molar-refractivity contribution in [1.82, 2.24) is 4.98 Å². The number of halogens is 3. The number of amides is 1. The highest BCUT2D eigenvalue weighted by Gasteiger charge is 2.17. The minimum absolute atomic E-state index is 0.180. The maximum Gasteiger partial charge on any atom is 0.262 e. The van der Waals surface area contributed by atoms with Gasteiger partial charge < -0.3 is 10.1 Å². The number of hydrogen-bond acceptors (Lipinski definition) is 4. The van der Waals surface area contributed by atoms with Crippen molar-refractivity contribution >= 4 is 68.0 Å². The molecule has 4 aromatic rings. The molecule has 1 aromatic heterocycles. The molecule has 1 amide bonds. The molecule has 3 aromatic carbocycles. The van der Waals surface area contributed by atoms with Crippen LogP contribution in [-0.4, -0.2) is 17.5 Å². The zero-order valence-corrected chi connectivity index (χ0v) is 18.8. The predicted molar refractivity (Wildman–Crippen MR) is 125 cm³/mol. The quantitative estimate of drug-likeness (QED) is 0.329. The molecule has 4 rings (SSSR count). The van der Waals surface area contributed by atoms with Crippen molar-refractivity contribution in [3.8, 4) is 16.3 Å². The Labute approximate surface area is 192 Å². The van der Waals surface area contributed by atoms with Crippen molar-refractivity contribution in [1.29, 1.82) is 0 Å². The van der Waals surface area contributed by atoms with Crippen LogP contribution in [0.5, 0.6) is 5.75 Å². The van der Waals surface area contributed by atoms with Crippen molar-refractivity contribution < 1.29 is 9.53 Å². The molecule has 0 fully saturated rings. The second-order valence-electron chi connectivity index (χ2n) is 6.54. The lowest BCUT2D eigenvalue weighted by molar-refractivity contribution is -0.118. The van der Waals surface area contributed by atoms with E-state index in [0.29, 0.717) is 37.1 Å². The van der Waals surface area contributed by atoms with Gasteiger partial charge in [0.1, 0.15) is 10.8 Å². The van der Waals surface area contributed by atoms with Gasteiger partial charge in [0.25, 0.3) is 5.91 Å². The fraction of sp³-hybridized carbons (Fsp3) is 0.0909. The second kappa shape index (κ2) is 8.82. The smallest absolute Gasteiger partial charge is 0.262 e. The number of nitrogens with zero attached hydrogens (tertiary/aromatic N) is 1. The van der Waals surface area contributed by atoms with Gasteiger partial charge in [-0.2, -0.15) is 0 Å². The number of nitrogens with one attached hydrogen (secondary N) is 1. The topological polar surface area (TPSA) is 51.2 Å². The first-order valence-corrected chi connectivity index (χ1v) is 10.9. The third-order valence-corrected chi connectivity index (χ3v) is 6.16. The summed E-state index contributed by atoms with van der Waals surface area (Å²) in [5, 5.41) is 4.94. The number of carbonyl (C=O) groups is 1. The Morgan fingerprint density at radius 3 is 2.63 bits per heavy atom. The van der Waals surface area contributed by atoms with E-state index in [4.69, 9.17) is 39.5 Å². The number of carbonyl (C=O) groups excluding carboxylic acids is 1. The summed E-state index contributed by atoms with van der Waals surface area (Å²) in [5.41, 5.74) is 2.81. The van der Waals surface area contributed by atoms with Gasteiger partial charge in [0, 0.05) is 15.6 Å². The zero-order valence-electron chi connectivity index (χ0n) is 15.7. The maximum atomic E-state index is 12.6. The summed E-state index contributed by atoms with van der Waals surface area (Å²) in [6.07, 6.45) is 0. The van der Waals surface area contributed by atoms with Gasteiger partial charge in [0.15, 0.2) is 6.61 Å². The molecule has 0 bridgehead atoms. The normalized spacial score (nSPS) is 10.9. The Balaban J connectivity index is 1.59. The molecule has 0 radical (unpaired) electrons. The van der Waals surface area contributed by atoms with Crippen LogP contribution in [0.15, 0.2) is 54.6 Å². The van der Waals surface area contributed by atoms with Crippen LogP contribution in [0.3, 0.4) is 0 Å². The number of thiazole rings is 1. The van der Waals surface area contributed by atoms with Crippen LogP contribution in [0, 0.1) is 6.92 Å². The molecular weight excluding hydrogens is 463 g/mol. The number of rotatable bonds is 5. The molecule has 0 saturated carbocycles. The first kappa shape index (κ1) is 20.9. The molecule has 152 valence electrons. The third-order valence-electron chi connectivity index (χ3n) is 4.34. The van der Waals surface area contributed by atoms with Gasteiger partial charge in [-0.15, -0.1) is 11.3 Å². The van der Waals surface area contributed by atoms with Gasteiger partial charge in [-0.3, -0.25) is 4.79 Å². The van der Waals surface area contributed by atoms with Crippen molar-refractivity contribution in [3.05, 3.63) is 75.2 Å². The van der Waals surface area contributed by atoms with Crippen LogP contribution >= 0.6 is 46.1 Å². The minimum Gasteiger partial charge on any atom is -0.483 e. The average Bonchev–Trinajstić information content (AvgIpc) is 3.13. The van der Waals surface area contributed by atoms with E-state index in [1.165, 1.54) is 11.3 Å². The Hall–Kier alpha value is -2.31. The number of aromatic nitrogens is 1. The number of ether oxygens (including phenoxy) is 1. The largest absolute Gasteiger partial charge is 0.483 e. The first-order chi connectivity index (χ1) is 14.4. The van der Waals surface area contributed by atoms with Crippen molar-refractivity contribution in [2.24, 2.45) is 0 Å². The lowest BCUT2D eigenvalue weighted by Gasteiger charge is -2.13. The molecule has 0 saturated heterocycles. The number of hydrogen-bond donors (Lipinski definition) is 1. The van der Waals surface area contributed by atoms with E-state index in [-0.39, 0.29) is 12.5 Å². The van der Waals surface area contributed by atoms with E-state index in [9.17, 15) is 4.79 Å². The summed E-state index contributed by atoms with van der Waals surface area (Å²) in [5.74, 6) is 0.235. The Morgan fingerprint density at radius 1 is 1.07 bits per heavy atom. The fourth-order valence-electron chi connectivity index (χ4n) is 2.95. The molecule has 8 heteroatoms. The maximum absolute atomic E-state index is 12.6. The molecule has 1 heterocycles. The number of fused-ring (bicyclic) bond motifs is 1. The molecule has 0 aliphatic rings. The van der Waals surface area contributed by atoms with E-state index < -0.39 is 0 Å². The molecule has 0 aliphatic carbocycles. The highest BCUT2D eigenvalue weighted by Crippen LogP contribution is 2.40. The van der Waals surface area contributed by atoms with Crippen molar-refractivity contribution in [2.75, 3.05) is 11.9 Å². The fourth-order valence-corrected chi connectivity index (χ4v) is 4.71. The number of benzene rings is 3. The number of aryl methyl sites for hydroxylation is 1. The van der Waals surface area contributed by atoms with Crippen LogP contribution in [-0.2, 0) is 4.79 Å². The zero-order chi connectivity index (χ0) is 21.3. The highest BCUT2D eigenvalue weighted by atomic mass is 35.5. The second-order valence-corrected chi connectivity index (χ2v) is 8.85. The summed E-state index contributed by atoms with van der Waals surface area (Å²) >= 11 is 20.1. The highest BCUT2D eigenvalue weighted by molar-refractivity contribution is 7.21. The van der Waals surface area contributed by atoms with Crippen LogP contribution in [0.4, 0.5) is 5.69 Å². The minimum atomic E-state index is -0.351. The molecule has 4 nitrogen and oxygen atoms in total. The Bertz CT molecular complexity index is 1220. The van der Waals surface area contributed by atoms with E-state index in [2.05, 4.69) is 10.3 Å². The summed E-state index contributed by atoms with van der Waals surface area (Å²) in [6, 6.07) is 16.3. The summed E-state index contributed by atoms with van der Waals surface area (Å²) < 4.78 is 6.66. The standard InChI is InChI=1S/C22H15Cl3N2O2S/c1-12-8-13(23)6-7-18(12)29-11-20(28)27-21-15(9-14(24)10-16(21)25)22-26-17-4-2-3-5-19(17)30-22/h2-10H,11H2,1H3,(H,27,28). The number of anilines is 1.